The molecule has 0 aliphatic heterocycles. The number of nitrogens with zero attached hydrogens (tertiary/aromatic N) is 2. The minimum absolute atomic E-state index is 0.0490. The molecule has 1 saturated carbocycles. The Labute approximate surface area is 131 Å². The Bertz CT molecular complexity index is 693. The highest BCUT2D eigenvalue weighted by Gasteiger charge is 2.28. The lowest BCUT2D eigenvalue weighted by Crippen LogP contribution is -2.06. The van der Waals surface area contributed by atoms with Crippen LogP contribution in [0.1, 0.15) is 30.1 Å². The van der Waals surface area contributed by atoms with E-state index in [0.29, 0.717) is 23.2 Å². The van der Waals surface area contributed by atoms with Crippen molar-refractivity contribution in [1.82, 2.24) is 9.97 Å². The number of hydrogen-bond donors (Lipinski definition) is 2. The molecule has 0 saturated heterocycles. The summed E-state index contributed by atoms with van der Waals surface area (Å²) >= 11 is 11.6. The highest BCUT2D eigenvalue weighted by molar-refractivity contribution is 6.35. The Hall–Kier alpha value is -1.59. The zero-order valence-electron chi connectivity index (χ0n) is 11.3. The molecule has 0 bridgehead atoms. The lowest BCUT2D eigenvalue weighted by atomic mass is 10.2. The first-order chi connectivity index (χ1) is 9.95. The van der Waals surface area contributed by atoms with Gasteiger partial charge in [-0.3, -0.25) is 0 Å². The highest BCUT2D eigenvalue weighted by Crippen LogP contribution is 2.39. The monoisotopic (exact) mass is 326 g/mol. The van der Waals surface area contributed by atoms with Crippen LogP contribution >= 0.6 is 23.2 Å². The van der Waals surface area contributed by atoms with Crippen LogP contribution in [0.3, 0.4) is 0 Å². The number of nitrogen functional groups attached to an aromatic ring is 1. The molecule has 110 valence electrons. The third-order valence-electron chi connectivity index (χ3n) is 3.39. The Kier molecular flexibility index (Phi) is 3.63. The van der Waals surface area contributed by atoms with Crippen LogP contribution in [-0.2, 0) is 0 Å². The van der Waals surface area contributed by atoms with E-state index < -0.39 is 5.82 Å². The van der Waals surface area contributed by atoms with Gasteiger partial charge in [-0.15, -0.1) is 0 Å². The Morgan fingerprint density at radius 3 is 2.43 bits per heavy atom. The molecule has 21 heavy (non-hydrogen) atoms. The van der Waals surface area contributed by atoms with E-state index in [0.717, 1.165) is 24.2 Å². The van der Waals surface area contributed by atoms with Crippen molar-refractivity contribution in [3.05, 3.63) is 39.4 Å². The first-order valence-electron chi connectivity index (χ1n) is 6.51. The smallest absolute Gasteiger partial charge is 0.160 e. The van der Waals surface area contributed by atoms with Crippen molar-refractivity contribution < 1.29 is 4.39 Å². The lowest BCUT2D eigenvalue weighted by Gasteiger charge is -2.12. The van der Waals surface area contributed by atoms with Crippen molar-refractivity contribution in [3.8, 4) is 0 Å². The fraction of sp³-hybridized carbons (Fsp3) is 0.286. The lowest BCUT2D eigenvalue weighted by molar-refractivity contribution is 0.629. The summed E-state index contributed by atoms with van der Waals surface area (Å²) in [6, 6.07) is 2.91. The van der Waals surface area contributed by atoms with Gasteiger partial charge in [-0.2, -0.15) is 0 Å². The first kappa shape index (κ1) is 14.4. The molecular formula is C14H13Cl2FN4. The summed E-state index contributed by atoms with van der Waals surface area (Å²) in [7, 11) is 0. The van der Waals surface area contributed by atoms with E-state index in [1.165, 1.54) is 12.1 Å². The second kappa shape index (κ2) is 5.31. The van der Waals surface area contributed by atoms with Crippen LogP contribution < -0.4 is 11.1 Å². The molecule has 1 aliphatic carbocycles. The Morgan fingerprint density at radius 2 is 1.86 bits per heavy atom. The van der Waals surface area contributed by atoms with Gasteiger partial charge >= 0.3 is 0 Å². The number of anilines is 3. The molecule has 0 atom stereocenters. The largest absolute Gasteiger partial charge is 0.383 e. The molecule has 7 heteroatoms. The molecule has 2 aromatic rings. The van der Waals surface area contributed by atoms with Gasteiger partial charge in [0.1, 0.15) is 17.5 Å². The topological polar surface area (TPSA) is 63.8 Å². The van der Waals surface area contributed by atoms with Gasteiger partial charge in [0.15, 0.2) is 5.82 Å². The van der Waals surface area contributed by atoms with Crippen LogP contribution in [0.5, 0.6) is 0 Å². The first-order valence-corrected chi connectivity index (χ1v) is 7.27. The van der Waals surface area contributed by atoms with Crippen LogP contribution in [0.15, 0.2) is 12.1 Å². The van der Waals surface area contributed by atoms with Crippen LogP contribution in [0.2, 0.25) is 10.0 Å². The van der Waals surface area contributed by atoms with E-state index in [2.05, 4.69) is 15.3 Å². The van der Waals surface area contributed by atoms with E-state index in [4.69, 9.17) is 28.9 Å². The van der Waals surface area contributed by atoms with Crippen molar-refractivity contribution >= 4 is 40.5 Å². The van der Waals surface area contributed by atoms with Crippen molar-refractivity contribution in [2.24, 2.45) is 0 Å². The summed E-state index contributed by atoms with van der Waals surface area (Å²) in [6.45, 7) is 1.82. The van der Waals surface area contributed by atoms with Gasteiger partial charge in [0.2, 0.25) is 0 Å². The number of benzene rings is 1. The van der Waals surface area contributed by atoms with Gasteiger partial charge in [0, 0.05) is 17.2 Å². The molecular weight excluding hydrogens is 314 g/mol. The number of hydrogen-bond acceptors (Lipinski definition) is 4. The average Bonchev–Trinajstić information content (AvgIpc) is 3.25. The molecule has 4 nitrogen and oxygen atoms in total. The number of nitrogens with one attached hydrogen (secondary N) is 1. The summed E-state index contributed by atoms with van der Waals surface area (Å²) < 4.78 is 13.4. The predicted octanol–water partition coefficient (Wildman–Crippen LogP) is 4.43. The molecule has 0 radical (unpaired) electrons. The summed E-state index contributed by atoms with van der Waals surface area (Å²) in [4.78, 5) is 8.79. The molecule has 0 amide bonds. The molecule has 0 unspecified atom stereocenters. The Balaban J connectivity index is 1.97. The number of aromatic nitrogens is 2. The van der Waals surface area contributed by atoms with Gasteiger partial charge in [-0.25, -0.2) is 14.4 Å². The predicted molar refractivity (Wildman–Crippen MR) is 82.9 cm³/mol. The quantitative estimate of drug-likeness (QED) is 0.819. The van der Waals surface area contributed by atoms with E-state index >= 15 is 0 Å². The normalized spacial score (nSPS) is 14.3. The maximum absolute atomic E-state index is 13.4. The van der Waals surface area contributed by atoms with Crippen LogP contribution in [0, 0.1) is 12.7 Å². The highest BCUT2D eigenvalue weighted by atomic mass is 35.5. The number of nitrogens with two attached hydrogens (primary N) is 1. The van der Waals surface area contributed by atoms with Gasteiger partial charge in [0.05, 0.1) is 10.0 Å². The fourth-order valence-corrected chi connectivity index (χ4v) is 2.45. The van der Waals surface area contributed by atoms with E-state index in [-0.39, 0.29) is 10.0 Å². The zero-order chi connectivity index (χ0) is 15.1. The summed E-state index contributed by atoms with van der Waals surface area (Å²) in [5, 5.41) is 2.98. The van der Waals surface area contributed by atoms with Crippen molar-refractivity contribution in [3.63, 3.8) is 0 Å². The summed E-state index contributed by atoms with van der Waals surface area (Å²) in [5.74, 6) is 1.51. The minimum Gasteiger partial charge on any atom is -0.383 e. The molecule has 1 aromatic carbocycles. The second-order valence-electron chi connectivity index (χ2n) is 5.09. The van der Waals surface area contributed by atoms with Crippen LogP contribution in [0.4, 0.5) is 21.7 Å². The van der Waals surface area contributed by atoms with Gasteiger partial charge in [-0.1, -0.05) is 23.2 Å². The van der Waals surface area contributed by atoms with E-state index in [1.807, 2.05) is 6.92 Å². The molecule has 1 heterocycles. The standard InChI is InChI=1S/C14H13Cl2FN4/c1-6-12(18)20-14(7-2-3-7)21-13(6)19-8-4-9(15)11(17)10(16)5-8/h4-5,7H,2-3H2,1H3,(H3,18,19,20,21). The van der Waals surface area contributed by atoms with Crippen molar-refractivity contribution in [2.75, 3.05) is 11.1 Å². The summed E-state index contributed by atoms with van der Waals surface area (Å²) in [6.07, 6.45) is 2.16. The summed E-state index contributed by atoms with van der Waals surface area (Å²) in [5.41, 5.74) is 7.20. The molecule has 1 aromatic heterocycles. The SMILES string of the molecule is Cc1c(N)nc(C2CC2)nc1Nc1cc(Cl)c(F)c(Cl)c1. The molecule has 1 aliphatic rings. The van der Waals surface area contributed by atoms with Crippen LogP contribution in [-0.4, -0.2) is 9.97 Å². The number of halogens is 3. The maximum atomic E-state index is 13.4. The third kappa shape index (κ3) is 2.89. The Morgan fingerprint density at radius 1 is 1.24 bits per heavy atom. The van der Waals surface area contributed by atoms with E-state index in [1.54, 1.807) is 0 Å². The zero-order valence-corrected chi connectivity index (χ0v) is 12.8. The van der Waals surface area contributed by atoms with E-state index in [9.17, 15) is 4.39 Å². The third-order valence-corrected chi connectivity index (χ3v) is 3.94. The van der Waals surface area contributed by atoms with Gasteiger partial charge in [-0.05, 0) is 31.9 Å². The second-order valence-corrected chi connectivity index (χ2v) is 5.91. The molecule has 3 rings (SSSR count). The van der Waals surface area contributed by atoms with Gasteiger partial charge < -0.3 is 11.1 Å². The maximum Gasteiger partial charge on any atom is 0.160 e. The average molecular weight is 327 g/mol. The molecule has 1 fully saturated rings. The van der Waals surface area contributed by atoms with Gasteiger partial charge in [0.25, 0.3) is 0 Å². The van der Waals surface area contributed by atoms with Crippen LogP contribution in [0.25, 0.3) is 0 Å². The number of rotatable bonds is 3. The minimum atomic E-state index is -0.638. The molecule has 3 N–H and O–H groups in total. The van der Waals surface area contributed by atoms with Crippen molar-refractivity contribution in [2.45, 2.75) is 25.7 Å². The fourth-order valence-electron chi connectivity index (χ4n) is 1.96. The van der Waals surface area contributed by atoms with Crippen molar-refractivity contribution in [1.29, 1.82) is 0 Å². The molecule has 0 spiro atoms.